The van der Waals surface area contributed by atoms with Crippen molar-refractivity contribution >= 4 is 11.8 Å². The zero-order chi connectivity index (χ0) is 14.4. The third-order valence-electron chi connectivity index (χ3n) is 2.93. The number of nitrogens with zero attached hydrogens (tertiary/aromatic N) is 3. The highest BCUT2D eigenvalue weighted by molar-refractivity contribution is 8.00. The number of nitriles is 1. The summed E-state index contributed by atoms with van der Waals surface area (Å²) < 4.78 is 0. The smallest absolute Gasteiger partial charge is 0.209 e. The van der Waals surface area contributed by atoms with E-state index in [1.807, 2.05) is 0 Å². The molecule has 0 unspecified atom stereocenters. The van der Waals surface area contributed by atoms with Crippen LogP contribution in [0.1, 0.15) is 30.3 Å². The summed E-state index contributed by atoms with van der Waals surface area (Å²) >= 11 is 1.42. The third kappa shape index (κ3) is 4.10. The molecule has 0 amide bonds. The maximum Gasteiger partial charge on any atom is 0.209 e. The normalized spacial score (nSPS) is 12.1. The highest BCUT2D eigenvalue weighted by atomic mass is 32.2. The molecule has 2 rings (SSSR count). The second-order valence-corrected chi connectivity index (χ2v) is 5.91. The standard InChI is InChI=1S/C15H18N4S/c1-3-4-14-17-15(19-18-14)20-13(10-16)9-12-7-5-11(2)6-8-12/h5-8,13H,3-4,9H2,1-2H3,(H,17,18,19)/t13-/m0/s1. The lowest BCUT2D eigenvalue weighted by Gasteiger charge is -2.06. The number of hydrogen-bond acceptors (Lipinski definition) is 4. The first-order valence-electron chi connectivity index (χ1n) is 6.74. The molecule has 2 aromatic rings. The maximum absolute atomic E-state index is 9.28. The summed E-state index contributed by atoms with van der Waals surface area (Å²) in [7, 11) is 0. The van der Waals surface area contributed by atoms with Crippen LogP contribution in [-0.4, -0.2) is 20.4 Å². The average Bonchev–Trinajstić information content (AvgIpc) is 2.88. The number of aromatic nitrogens is 3. The second kappa shape index (κ2) is 7.11. The van der Waals surface area contributed by atoms with Gasteiger partial charge >= 0.3 is 0 Å². The van der Waals surface area contributed by atoms with Crippen molar-refractivity contribution in [3.63, 3.8) is 0 Å². The second-order valence-electron chi connectivity index (χ2n) is 4.74. The van der Waals surface area contributed by atoms with Crippen LogP contribution >= 0.6 is 11.8 Å². The van der Waals surface area contributed by atoms with Gasteiger partial charge in [0.05, 0.1) is 6.07 Å². The SMILES string of the molecule is CCCc1nc(S[C@H](C#N)Cc2ccc(C)cc2)n[nH]1. The van der Waals surface area contributed by atoms with Crippen molar-refractivity contribution in [2.75, 3.05) is 0 Å². The molecular formula is C15H18N4S. The van der Waals surface area contributed by atoms with Crippen LogP contribution in [-0.2, 0) is 12.8 Å². The molecule has 1 heterocycles. The lowest BCUT2D eigenvalue weighted by atomic mass is 10.1. The van der Waals surface area contributed by atoms with E-state index in [-0.39, 0.29) is 5.25 Å². The zero-order valence-corrected chi connectivity index (χ0v) is 12.6. The van der Waals surface area contributed by atoms with Crippen LogP contribution in [0.25, 0.3) is 0 Å². The molecule has 0 saturated carbocycles. The van der Waals surface area contributed by atoms with Crippen LogP contribution in [0.3, 0.4) is 0 Å². The molecule has 0 radical (unpaired) electrons. The predicted octanol–water partition coefficient (Wildman–Crippen LogP) is 3.29. The van der Waals surface area contributed by atoms with E-state index in [0.717, 1.165) is 18.7 Å². The van der Waals surface area contributed by atoms with E-state index in [1.54, 1.807) is 0 Å². The van der Waals surface area contributed by atoms with Crippen LogP contribution in [0, 0.1) is 18.3 Å². The third-order valence-corrected chi connectivity index (χ3v) is 3.88. The molecule has 0 aliphatic heterocycles. The summed E-state index contributed by atoms with van der Waals surface area (Å²) in [6.45, 7) is 4.16. The minimum atomic E-state index is -0.164. The lowest BCUT2D eigenvalue weighted by molar-refractivity contribution is 0.840. The molecule has 1 aromatic carbocycles. The lowest BCUT2D eigenvalue weighted by Crippen LogP contribution is -2.04. The molecule has 0 aliphatic carbocycles. The number of thioether (sulfide) groups is 1. The van der Waals surface area contributed by atoms with E-state index in [2.05, 4.69) is 59.4 Å². The van der Waals surface area contributed by atoms with Crippen molar-refractivity contribution in [1.82, 2.24) is 15.2 Å². The van der Waals surface area contributed by atoms with Crippen molar-refractivity contribution < 1.29 is 0 Å². The van der Waals surface area contributed by atoms with Gasteiger partial charge in [-0.2, -0.15) is 5.26 Å². The Balaban J connectivity index is 1.98. The summed E-state index contributed by atoms with van der Waals surface area (Å²) in [4.78, 5) is 4.39. The Bertz CT molecular complexity index is 583. The molecule has 0 bridgehead atoms. The molecule has 4 nitrogen and oxygen atoms in total. The summed E-state index contributed by atoms with van der Waals surface area (Å²) in [6.07, 6.45) is 2.63. The van der Waals surface area contributed by atoms with Gasteiger partial charge in [-0.3, -0.25) is 5.10 Å². The monoisotopic (exact) mass is 286 g/mol. The number of benzene rings is 1. The summed E-state index contributed by atoms with van der Waals surface area (Å²) in [5.41, 5.74) is 2.40. The van der Waals surface area contributed by atoms with E-state index < -0.39 is 0 Å². The molecule has 104 valence electrons. The Labute approximate surface area is 123 Å². The topological polar surface area (TPSA) is 65.4 Å². The fourth-order valence-electron chi connectivity index (χ4n) is 1.86. The van der Waals surface area contributed by atoms with E-state index in [0.29, 0.717) is 11.6 Å². The van der Waals surface area contributed by atoms with Crippen molar-refractivity contribution in [3.05, 3.63) is 41.2 Å². The van der Waals surface area contributed by atoms with Gasteiger partial charge in [0.25, 0.3) is 0 Å². The molecule has 0 saturated heterocycles. The molecule has 0 spiro atoms. The Morgan fingerprint density at radius 2 is 2.10 bits per heavy atom. The van der Waals surface area contributed by atoms with Gasteiger partial charge in [0.2, 0.25) is 5.16 Å². The highest BCUT2D eigenvalue weighted by Gasteiger charge is 2.14. The first kappa shape index (κ1) is 14.6. The van der Waals surface area contributed by atoms with E-state index >= 15 is 0 Å². The summed E-state index contributed by atoms with van der Waals surface area (Å²) in [5, 5.41) is 16.8. The van der Waals surface area contributed by atoms with Crippen molar-refractivity contribution in [2.45, 2.75) is 43.5 Å². The highest BCUT2D eigenvalue weighted by Crippen LogP contribution is 2.22. The van der Waals surface area contributed by atoms with Crippen LogP contribution in [0.15, 0.2) is 29.4 Å². The zero-order valence-electron chi connectivity index (χ0n) is 11.8. The molecule has 0 aliphatic rings. The van der Waals surface area contributed by atoms with Crippen LogP contribution in [0.4, 0.5) is 0 Å². The van der Waals surface area contributed by atoms with Crippen molar-refractivity contribution in [3.8, 4) is 6.07 Å². The first-order chi connectivity index (χ1) is 9.71. The van der Waals surface area contributed by atoms with Gasteiger partial charge < -0.3 is 0 Å². The predicted molar refractivity (Wildman–Crippen MR) is 80.5 cm³/mol. The minimum Gasteiger partial charge on any atom is -0.262 e. The van der Waals surface area contributed by atoms with Crippen LogP contribution in [0.5, 0.6) is 0 Å². The quantitative estimate of drug-likeness (QED) is 0.827. The number of rotatable bonds is 6. The van der Waals surface area contributed by atoms with E-state index in [1.165, 1.54) is 22.9 Å². The first-order valence-corrected chi connectivity index (χ1v) is 7.62. The molecule has 1 aromatic heterocycles. The van der Waals surface area contributed by atoms with E-state index in [9.17, 15) is 5.26 Å². The molecule has 0 fully saturated rings. The maximum atomic E-state index is 9.28. The fraction of sp³-hybridized carbons (Fsp3) is 0.400. The van der Waals surface area contributed by atoms with Gasteiger partial charge in [-0.05, 0) is 25.3 Å². The van der Waals surface area contributed by atoms with Gasteiger partial charge in [-0.1, -0.05) is 48.5 Å². The molecule has 1 N–H and O–H groups in total. The Hall–Kier alpha value is -1.80. The van der Waals surface area contributed by atoms with Crippen LogP contribution in [0.2, 0.25) is 0 Å². The van der Waals surface area contributed by atoms with Gasteiger partial charge in [0.1, 0.15) is 11.1 Å². The number of nitrogens with one attached hydrogen (secondary N) is 1. The van der Waals surface area contributed by atoms with Crippen molar-refractivity contribution in [1.29, 1.82) is 5.26 Å². The molecular weight excluding hydrogens is 268 g/mol. The molecule has 1 atom stereocenters. The summed E-state index contributed by atoms with van der Waals surface area (Å²) in [6, 6.07) is 10.6. The Kier molecular flexibility index (Phi) is 5.19. The van der Waals surface area contributed by atoms with Gasteiger partial charge in [0, 0.05) is 6.42 Å². The number of aryl methyl sites for hydroxylation is 2. The fourth-order valence-corrected chi connectivity index (χ4v) is 2.70. The summed E-state index contributed by atoms with van der Waals surface area (Å²) in [5.74, 6) is 0.891. The van der Waals surface area contributed by atoms with Crippen molar-refractivity contribution in [2.24, 2.45) is 0 Å². The number of hydrogen-bond donors (Lipinski definition) is 1. The minimum absolute atomic E-state index is 0.164. The number of aromatic amines is 1. The van der Waals surface area contributed by atoms with Gasteiger partial charge in [0.15, 0.2) is 0 Å². The molecule has 5 heteroatoms. The Morgan fingerprint density at radius 1 is 1.35 bits per heavy atom. The largest absolute Gasteiger partial charge is 0.262 e. The number of H-pyrrole nitrogens is 1. The average molecular weight is 286 g/mol. The van der Waals surface area contributed by atoms with Gasteiger partial charge in [-0.15, -0.1) is 5.10 Å². The van der Waals surface area contributed by atoms with E-state index in [4.69, 9.17) is 0 Å². The van der Waals surface area contributed by atoms with Crippen LogP contribution < -0.4 is 0 Å². The molecule has 20 heavy (non-hydrogen) atoms. The Morgan fingerprint density at radius 3 is 2.75 bits per heavy atom. The van der Waals surface area contributed by atoms with Gasteiger partial charge in [-0.25, -0.2) is 4.98 Å².